The molecule has 7 atom stereocenters. The van der Waals surface area contributed by atoms with Crippen molar-refractivity contribution in [1.29, 1.82) is 0 Å². The van der Waals surface area contributed by atoms with Crippen molar-refractivity contribution >= 4 is 62.8 Å². The molecule has 3 aromatic rings. The highest BCUT2D eigenvalue weighted by Crippen LogP contribution is 2.52. The van der Waals surface area contributed by atoms with Crippen molar-refractivity contribution in [2.45, 2.75) is 103 Å². The van der Waals surface area contributed by atoms with Crippen LogP contribution in [0.1, 0.15) is 66.7 Å². The van der Waals surface area contributed by atoms with Crippen LogP contribution in [0, 0.1) is 23.2 Å². The standard InChI is InChI=1S/C40H49ClN6O8S/c1-8-22-16-40(22,36(50)51)46-34(48)28-14-24(17-47(28)35(49)33(39(4,5)6)45-38(52)55-23-12-20-11-21(20)13-23)54-30-15-26(27-18-56-37(44-27)42-19(2)3)43-32-25(30)9-10-29(53-7)31(32)41/h8-10,15,18-24,28,33H,1,11-14,16-17H2,2-7H3,(H,42,44)(H,45,52)(H,46,48)(H,50,51)/t20?,21?,22?,23?,24-,28+,33-,40-/m1/s1. The molecule has 300 valence electrons. The molecular formula is C40H49ClN6O8S. The first-order chi connectivity index (χ1) is 26.5. The van der Waals surface area contributed by atoms with Crippen LogP contribution < -0.4 is 25.4 Å². The van der Waals surface area contributed by atoms with Crippen molar-refractivity contribution in [3.63, 3.8) is 0 Å². The van der Waals surface area contributed by atoms with Crippen molar-refractivity contribution < 1.29 is 38.5 Å². The number of pyridine rings is 1. The molecule has 3 unspecified atom stereocenters. The molecule has 16 heteroatoms. The molecular weight excluding hydrogens is 760 g/mol. The number of aromatic nitrogens is 2. The number of hydrogen-bond donors (Lipinski definition) is 4. The number of alkyl carbamates (subject to hydrolysis) is 1. The number of benzene rings is 1. The first-order valence-electron chi connectivity index (χ1n) is 19.0. The molecule has 56 heavy (non-hydrogen) atoms. The lowest BCUT2D eigenvalue weighted by atomic mass is 9.85. The van der Waals surface area contributed by atoms with E-state index in [0.29, 0.717) is 50.8 Å². The molecule has 0 bridgehead atoms. The van der Waals surface area contributed by atoms with E-state index in [9.17, 15) is 24.3 Å². The van der Waals surface area contributed by atoms with E-state index >= 15 is 0 Å². The monoisotopic (exact) mass is 808 g/mol. The third kappa shape index (κ3) is 7.84. The van der Waals surface area contributed by atoms with Crippen molar-refractivity contribution in [3.8, 4) is 22.9 Å². The number of aliphatic carboxylic acids is 1. The molecule has 0 radical (unpaired) electrons. The van der Waals surface area contributed by atoms with E-state index < -0.39 is 58.9 Å². The number of thiazole rings is 1. The number of carboxylic acid groups (broad SMARTS) is 1. The lowest BCUT2D eigenvalue weighted by Crippen LogP contribution is -2.59. The summed E-state index contributed by atoms with van der Waals surface area (Å²) >= 11 is 8.24. The first-order valence-corrected chi connectivity index (χ1v) is 20.3. The molecule has 3 aliphatic carbocycles. The van der Waals surface area contributed by atoms with E-state index in [1.807, 2.05) is 40.0 Å². The molecule has 2 aromatic heterocycles. The summed E-state index contributed by atoms with van der Waals surface area (Å²) in [6.45, 7) is 13.2. The topological polar surface area (TPSA) is 181 Å². The third-order valence-electron chi connectivity index (χ3n) is 11.3. The highest BCUT2D eigenvalue weighted by Gasteiger charge is 2.61. The predicted molar refractivity (Wildman–Crippen MR) is 212 cm³/mol. The van der Waals surface area contributed by atoms with Gasteiger partial charge in [-0.3, -0.25) is 9.59 Å². The first kappa shape index (κ1) is 39.6. The maximum Gasteiger partial charge on any atom is 0.408 e. The van der Waals surface area contributed by atoms with Gasteiger partial charge in [0.25, 0.3) is 0 Å². The van der Waals surface area contributed by atoms with E-state index in [1.54, 1.807) is 18.2 Å². The number of amides is 3. The van der Waals surface area contributed by atoms with E-state index in [1.165, 1.54) is 35.8 Å². The Morgan fingerprint density at radius 3 is 2.43 bits per heavy atom. The van der Waals surface area contributed by atoms with Gasteiger partial charge >= 0.3 is 12.1 Å². The Hall–Kier alpha value is -4.63. The van der Waals surface area contributed by atoms with Gasteiger partial charge in [-0.1, -0.05) is 38.4 Å². The Balaban J connectivity index is 1.20. The molecule has 4 aliphatic rings. The fourth-order valence-corrected chi connectivity index (χ4v) is 9.18. The molecule has 1 aliphatic heterocycles. The average Bonchev–Trinajstić information content (AvgIpc) is 3.80. The zero-order chi connectivity index (χ0) is 40.3. The number of methoxy groups -OCH3 is 1. The second-order valence-electron chi connectivity index (χ2n) is 16.8. The Kier molecular flexibility index (Phi) is 10.6. The van der Waals surface area contributed by atoms with Crippen LogP contribution in [-0.2, 0) is 19.1 Å². The molecule has 1 saturated heterocycles. The Morgan fingerprint density at radius 2 is 1.80 bits per heavy atom. The van der Waals surface area contributed by atoms with Crippen LogP contribution in [0.15, 0.2) is 36.2 Å². The van der Waals surface area contributed by atoms with Crippen molar-refractivity contribution in [1.82, 2.24) is 25.5 Å². The zero-order valence-corrected chi connectivity index (χ0v) is 34.0. The molecule has 1 aromatic carbocycles. The van der Waals surface area contributed by atoms with Crippen LogP contribution in [-0.4, -0.2) is 93.4 Å². The fraction of sp³-hybridized carbons (Fsp3) is 0.550. The normalized spacial score (nSPS) is 27.0. The van der Waals surface area contributed by atoms with Crippen LogP contribution in [0.5, 0.6) is 11.5 Å². The summed E-state index contributed by atoms with van der Waals surface area (Å²) in [7, 11) is 1.51. The molecule has 4 fully saturated rings. The number of hydrogen-bond acceptors (Lipinski definition) is 11. The quantitative estimate of drug-likeness (QED) is 0.143. The number of fused-ring (bicyclic) bond motifs is 2. The highest BCUT2D eigenvalue weighted by molar-refractivity contribution is 7.14. The Bertz CT molecular complexity index is 2060. The minimum atomic E-state index is -1.53. The molecule has 0 spiro atoms. The summed E-state index contributed by atoms with van der Waals surface area (Å²) in [4.78, 5) is 65.4. The average molecular weight is 809 g/mol. The summed E-state index contributed by atoms with van der Waals surface area (Å²) in [6.07, 6.45) is 2.89. The lowest BCUT2D eigenvalue weighted by molar-refractivity contribution is -0.146. The number of nitrogens with zero attached hydrogens (tertiary/aromatic N) is 3. The SMILES string of the molecule is C=CC1C[C@]1(NC(=O)[C@@H]1C[C@@H](Oc2cc(-c3csc(NC(C)C)n3)nc3c(Cl)c(OC)ccc23)CN1C(=O)[C@@H](NC(=O)OC1CC2CC2C1)C(C)(C)C)C(=O)O. The van der Waals surface area contributed by atoms with Gasteiger partial charge in [-0.2, -0.15) is 0 Å². The van der Waals surface area contributed by atoms with Gasteiger partial charge in [0.1, 0.15) is 52.0 Å². The number of nitrogens with one attached hydrogen (secondary N) is 3. The number of halogens is 1. The maximum absolute atomic E-state index is 14.7. The van der Waals surface area contributed by atoms with Gasteiger partial charge < -0.3 is 40.2 Å². The van der Waals surface area contributed by atoms with Crippen molar-refractivity contribution in [2.75, 3.05) is 19.0 Å². The molecule has 3 saturated carbocycles. The van der Waals surface area contributed by atoms with Crippen molar-refractivity contribution in [2.24, 2.45) is 23.2 Å². The summed E-state index contributed by atoms with van der Waals surface area (Å²) in [6, 6.07) is 3.20. The number of carbonyl (C=O) groups is 4. The summed E-state index contributed by atoms with van der Waals surface area (Å²) < 4.78 is 17.9. The minimum Gasteiger partial charge on any atom is -0.495 e. The van der Waals surface area contributed by atoms with Crippen LogP contribution in [0.25, 0.3) is 22.3 Å². The number of likely N-dealkylation sites (tertiary alicyclic amines) is 1. The smallest absolute Gasteiger partial charge is 0.408 e. The van der Waals surface area contributed by atoms with E-state index in [0.717, 1.165) is 12.8 Å². The Labute approximate surface area is 334 Å². The number of ether oxygens (including phenoxy) is 3. The maximum atomic E-state index is 14.7. The minimum absolute atomic E-state index is 0.0282. The number of carboxylic acids is 1. The molecule has 7 rings (SSSR count). The van der Waals surface area contributed by atoms with Gasteiger partial charge in [0, 0.05) is 35.2 Å². The molecule has 4 N–H and O–H groups in total. The predicted octanol–water partition coefficient (Wildman–Crippen LogP) is 6.27. The van der Waals surface area contributed by atoms with Crippen LogP contribution in [0.2, 0.25) is 5.02 Å². The van der Waals surface area contributed by atoms with Gasteiger partial charge in [0.15, 0.2) is 5.13 Å². The zero-order valence-electron chi connectivity index (χ0n) is 32.4. The van der Waals surface area contributed by atoms with Gasteiger partial charge in [-0.25, -0.2) is 19.6 Å². The summed E-state index contributed by atoms with van der Waals surface area (Å²) in [5.74, 6) is -0.804. The van der Waals surface area contributed by atoms with Gasteiger partial charge in [0.05, 0.1) is 24.9 Å². The van der Waals surface area contributed by atoms with Crippen LogP contribution in [0.4, 0.5) is 9.93 Å². The van der Waals surface area contributed by atoms with Crippen LogP contribution in [0.3, 0.4) is 0 Å². The van der Waals surface area contributed by atoms with Gasteiger partial charge in [0.2, 0.25) is 11.8 Å². The van der Waals surface area contributed by atoms with E-state index in [4.69, 9.17) is 35.8 Å². The van der Waals surface area contributed by atoms with E-state index in [-0.39, 0.29) is 36.6 Å². The molecule has 3 heterocycles. The second kappa shape index (κ2) is 15.0. The van der Waals surface area contributed by atoms with Gasteiger partial charge in [-0.15, -0.1) is 17.9 Å². The molecule has 3 amide bonds. The number of anilines is 1. The second-order valence-corrected chi connectivity index (χ2v) is 18.0. The van der Waals surface area contributed by atoms with E-state index in [2.05, 4.69) is 22.5 Å². The lowest BCUT2D eigenvalue weighted by Gasteiger charge is -2.35. The van der Waals surface area contributed by atoms with Gasteiger partial charge in [-0.05, 0) is 68.9 Å². The largest absolute Gasteiger partial charge is 0.495 e. The third-order valence-corrected chi connectivity index (χ3v) is 12.4. The fourth-order valence-electron chi connectivity index (χ4n) is 8.05. The number of rotatable bonds is 13. The van der Waals surface area contributed by atoms with Crippen LogP contribution >= 0.6 is 22.9 Å². The summed E-state index contributed by atoms with van der Waals surface area (Å²) in [5.41, 5.74) is -0.830. The highest BCUT2D eigenvalue weighted by atomic mass is 35.5. The van der Waals surface area contributed by atoms with Crippen molar-refractivity contribution in [3.05, 3.63) is 41.3 Å². The summed E-state index contributed by atoms with van der Waals surface area (Å²) in [5, 5.41) is 22.4. The Morgan fingerprint density at radius 1 is 1.07 bits per heavy atom. The number of carbonyl (C=O) groups excluding carboxylic acids is 3. The molecule has 14 nitrogen and oxygen atoms in total.